The Morgan fingerprint density at radius 2 is 1.78 bits per heavy atom. The fourth-order valence-corrected chi connectivity index (χ4v) is 3.65. The van der Waals surface area contributed by atoms with Gasteiger partial charge in [0.1, 0.15) is 5.82 Å². The summed E-state index contributed by atoms with van der Waals surface area (Å²) in [6.45, 7) is 3.93. The SMILES string of the molecule is Cc1cccc(NC(=O)CN(C)C(=O)C2(c3ccc(F)cc3)CCC2)c1C. The summed E-state index contributed by atoms with van der Waals surface area (Å²) in [5.41, 5.74) is 3.06. The van der Waals surface area contributed by atoms with E-state index in [9.17, 15) is 14.0 Å². The maximum absolute atomic E-state index is 13.2. The highest BCUT2D eigenvalue weighted by atomic mass is 19.1. The van der Waals surface area contributed by atoms with Gasteiger partial charge in [0, 0.05) is 12.7 Å². The summed E-state index contributed by atoms with van der Waals surface area (Å²) in [6, 6.07) is 11.9. The van der Waals surface area contributed by atoms with Crippen LogP contribution in [0.15, 0.2) is 42.5 Å². The first-order valence-electron chi connectivity index (χ1n) is 9.21. The maximum atomic E-state index is 13.2. The summed E-state index contributed by atoms with van der Waals surface area (Å²) in [5.74, 6) is -0.633. The van der Waals surface area contributed by atoms with Crippen LogP contribution in [0.1, 0.15) is 36.0 Å². The molecule has 0 aliphatic heterocycles. The van der Waals surface area contributed by atoms with Crippen LogP contribution in [0.25, 0.3) is 0 Å². The average Bonchev–Trinajstić information content (AvgIpc) is 2.59. The average molecular weight is 368 g/mol. The van der Waals surface area contributed by atoms with Gasteiger partial charge in [0.05, 0.1) is 12.0 Å². The topological polar surface area (TPSA) is 49.4 Å². The van der Waals surface area contributed by atoms with Crippen molar-refractivity contribution >= 4 is 17.5 Å². The molecule has 0 bridgehead atoms. The summed E-state index contributed by atoms with van der Waals surface area (Å²) < 4.78 is 13.2. The van der Waals surface area contributed by atoms with E-state index in [2.05, 4.69) is 5.32 Å². The van der Waals surface area contributed by atoms with Crippen LogP contribution in [-0.2, 0) is 15.0 Å². The van der Waals surface area contributed by atoms with Crippen molar-refractivity contribution in [2.75, 3.05) is 18.9 Å². The molecule has 0 radical (unpaired) electrons. The molecule has 1 N–H and O–H groups in total. The Balaban J connectivity index is 1.70. The molecule has 1 saturated carbocycles. The molecule has 142 valence electrons. The lowest BCUT2D eigenvalue weighted by Gasteiger charge is -2.43. The Morgan fingerprint density at radius 1 is 1.11 bits per heavy atom. The standard InChI is InChI=1S/C22H25FN2O2/c1-15-6-4-7-19(16(15)2)24-20(26)14-25(3)21(27)22(12-5-13-22)17-8-10-18(23)11-9-17/h4,6-11H,5,12-14H2,1-3H3,(H,24,26). The minimum atomic E-state index is -0.637. The van der Waals surface area contributed by atoms with Crippen molar-refractivity contribution in [3.05, 3.63) is 65.0 Å². The molecule has 1 aliphatic rings. The van der Waals surface area contributed by atoms with E-state index in [1.807, 2.05) is 32.0 Å². The van der Waals surface area contributed by atoms with E-state index in [1.165, 1.54) is 17.0 Å². The quantitative estimate of drug-likeness (QED) is 0.868. The van der Waals surface area contributed by atoms with Crippen LogP contribution in [0.5, 0.6) is 0 Å². The van der Waals surface area contributed by atoms with Gasteiger partial charge in [-0.25, -0.2) is 4.39 Å². The highest BCUT2D eigenvalue weighted by Gasteiger charge is 2.47. The van der Waals surface area contributed by atoms with Crippen LogP contribution >= 0.6 is 0 Å². The summed E-state index contributed by atoms with van der Waals surface area (Å²) >= 11 is 0. The summed E-state index contributed by atoms with van der Waals surface area (Å²) in [4.78, 5) is 27.0. The number of aryl methyl sites for hydroxylation is 1. The van der Waals surface area contributed by atoms with Crippen molar-refractivity contribution in [3.63, 3.8) is 0 Å². The van der Waals surface area contributed by atoms with Gasteiger partial charge in [-0.3, -0.25) is 9.59 Å². The number of halogens is 1. The number of anilines is 1. The molecule has 0 aromatic heterocycles. The Hall–Kier alpha value is -2.69. The highest BCUT2D eigenvalue weighted by molar-refractivity contribution is 5.97. The van der Waals surface area contributed by atoms with Gasteiger partial charge in [-0.1, -0.05) is 30.7 Å². The zero-order chi connectivity index (χ0) is 19.6. The molecule has 0 unspecified atom stereocenters. The van der Waals surface area contributed by atoms with Gasteiger partial charge in [0.25, 0.3) is 0 Å². The van der Waals surface area contributed by atoms with E-state index >= 15 is 0 Å². The Labute approximate surface area is 159 Å². The molecule has 0 atom stereocenters. The third-order valence-corrected chi connectivity index (χ3v) is 5.62. The monoisotopic (exact) mass is 368 g/mol. The second-order valence-electron chi connectivity index (χ2n) is 7.40. The van der Waals surface area contributed by atoms with Crippen molar-refractivity contribution in [3.8, 4) is 0 Å². The normalized spacial score (nSPS) is 15.0. The van der Waals surface area contributed by atoms with E-state index in [1.54, 1.807) is 19.2 Å². The number of likely N-dealkylation sites (N-methyl/N-ethyl adjacent to an activating group) is 1. The number of hydrogen-bond donors (Lipinski definition) is 1. The third kappa shape index (κ3) is 3.72. The lowest BCUT2D eigenvalue weighted by Crippen LogP contribution is -2.51. The van der Waals surface area contributed by atoms with Gasteiger partial charge < -0.3 is 10.2 Å². The van der Waals surface area contributed by atoms with E-state index in [0.717, 1.165) is 41.6 Å². The minimum Gasteiger partial charge on any atom is -0.336 e. The molecule has 0 heterocycles. The van der Waals surface area contributed by atoms with Crippen LogP contribution < -0.4 is 5.32 Å². The first-order chi connectivity index (χ1) is 12.8. The van der Waals surface area contributed by atoms with Crippen LogP contribution in [0.3, 0.4) is 0 Å². The Morgan fingerprint density at radius 3 is 2.37 bits per heavy atom. The van der Waals surface area contributed by atoms with E-state index in [0.29, 0.717) is 0 Å². The number of nitrogens with one attached hydrogen (secondary N) is 1. The predicted molar refractivity (Wildman–Crippen MR) is 104 cm³/mol. The second kappa shape index (κ2) is 7.51. The molecule has 4 nitrogen and oxygen atoms in total. The zero-order valence-electron chi connectivity index (χ0n) is 16.0. The third-order valence-electron chi connectivity index (χ3n) is 5.62. The minimum absolute atomic E-state index is 0.0187. The van der Waals surface area contributed by atoms with E-state index in [4.69, 9.17) is 0 Å². The number of rotatable bonds is 5. The van der Waals surface area contributed by atoms with Crippen molar-refractivity contribution in [2.24, 2.45) is 0 Å². The second-order valence-corrected chi connectivity index (χ2v) is 7.40. The molecule has 0 saturated heterocycles. The van der Waals surface area contributed by atoms with Crippen molar-refractivity contribution in [1.29, 1.82) is 0 Å². The molecule has 2 amide bonds. The molecule has 27 heavy (non-hydrogen) atoms. The number of benzene rings is 2. The number of hydrogen-bond acceptors (Lipinski definition) is 2. The smallest absolute Gasteiger partial charge is 0.243 e. The van der Waals surface area contributed by atoms with Crippen molar-refractivity contribution in [1.82, 2.24) is 4.90 Å². The van der Waals surface area contributed by atoms with Crippen LogP contribution in [0, 0.1) is 19.7 Å². The molecule has 3 rings (SSSR count). The fraction of sp³-hybridized carbons (Fsp3) is 0.364. The predicted octanol–water partition coefficient (Wildman–Crippen LogP) is 3.96. The summed E-state index contributed by atoms with van der Waals surface area (Å²) in [7, 11) is 1.65. The number of carbonyl (C=O) groups excluding carboxylic acids is 2. The molecule has 0 spiro atoms. The number of carbonyl (C=O) groups is 2. The van der Waals surface area contributed by atoms with Gasteiger partial charge in [0.15, 0.2) is 0 Å². The van der Waals surface area contributed by atoms with Crippen LogP contribution in [-0.4, -0.2) is 30.3 Å². The van der Waals surface area contributed by atoms with E-state index < -0.39 is 5.41 Å². The summed E-state index contributed by atoms with van der Waals surface area (Å²) in [5, 5.41) is 2.89. The molecule has 2 aromatic rings. The summed E-state index contributed by atoms with van der Waals surface area (Å²) in [6.07, 6.45) is 2.40. The van der Waals surface area contributed by atoms with Crippen molar-refractivity contribution in [2.45, 2.75) is 38.5 Å². The Kier molecular flexibility index (Phi) is 5.31. The molecule has 1 aliphatic carbocycles. The van der Waals surface area contributed by atoms with Gasteiger partial charge in [0.2, 0.25) is 11.8 Å². The number of nitrogens with zero attached hydrogens (tertiary/aromatic N) is 1. The van der Waals surface area contributed by atoms with Gasteiger partial charge in [-0.05, 0) is 61.6 Å². The highest BCUT2D eigenvalue weighted by Crippen LogP contribution is 2.45. The first kappa shape index (κ1) is 19.1. The van der Waals surface area contributed by atoms with Gasteiger partial charge in [-0.2, -0.15) is 0 Å². The van der Waals surface area contributed by atoms with Gasteiger partial charge in [-0.15, -0.1) is 0 Å². The molecular formula is C22H25FN2O2. The first-order valence-corrected chi connectivity index (χ1v) is 9.21. The lowest BCUT2D eigenvalue weighted by atomic mass is 9.63. The number of amides is 2. The molecular weight excluding hydrogens is 343 g/mol. The van der Waals surface area contributed by atoms with Gasteiger partial charge >= 0.3 is 0 Å². The van der Waals surface area contributed by atoms with Crippen LogP contribution in [0.2, 0.25) is 0 Å². The Bertz CT molecular complexity index is 857. The van der Waals surface area contributed by atoms with E-state index in [-0.39, 0.29) is 24.2 Å². The molecule has 2 aromatic carbocycles. The lowest BCUT2D eigenvalue weighted by molar-refractivity contribution is -0.141. The fourth-order valence-electron chi connectivity index (χ4n) is 3.65. The maximum Gasteiger partial charge on any atom is 0.243 e. The van der Waals surface area contributed by atoms with Crippen molar-refractivity contribution < 1.29 is 14.0 Å². The zero-order valence-corrected chi connectivity index (χ0v) is 16.0. The van der Waals surface area contributed by atoms with Crippen LogP contribution in [0.4, 0.5) is 10.1 Å². The largest absolute Gasteiger partial charge is 0.336 e. The molecule has 1 fully saturated rings. The molecule has 5 heteroatoms.